The fourth-order valence-electron chi connectivity index (χ4n) is 2.14. The average Bonchev–Trinajstić information content (AvgIpc) is 2.67. The number of nitrogens with zero attached hydrogens (tertiary/aromatic N) is 2. The number of carboxylic acid groups (broad SMARTS) is 1. The Bertz CT molecular complexity index is 383. The van der Waals surface area contributed by atoms with Crippen LogP contribution in [-0.4, -0.2) is 48.7 Å². The Kier molecular flexibility index (Phi) is 15.8. The fraction of sp³-hybridized carbons (Fsp3) is 0.632. The molecule has 4 heteroatoms. The molecule has 0 saturated carbocycles. The van der Waals surface area contributed by atoms with Crippen molar-refractivity contribution in [3.63, 3.8) is 0 Å². The molecule has 0 aliphatic carbocycles. The predicted molar refractivity (Wildman–Crippen MR) is 102 cm³/mol. The minimum atomic E-state index is -0.868. The maximum Gasteiger partial charge on any atom is 0.335 e. The Morgan fingerprint density at radius 2 is 1.35 bits per heavy atom. The fourth-order valence-corrected chi connectivity index (χ4v) is 2.14. The van der Waals surface area contributed by atoms with Gasteiger partial charge in [-0.3, -0.25) is 0 Å². The van der Waals surface area contributed by atoms with Crippen LogP contribution in [0.3, 0.4) is 0 Å². The molecule has 0 radical (unpaired) electrons. The normalized spacial score (nSPS) is 13.4. The smallest absolute Gasteiger partial charge is 0.335 e. The molecular formula is C19H36N2O2. The van der Waals surface area contributed by atoms with Crippen molar-refractivity contribution < 1.29 is 9.90 Å². The van der Waals surface area contributed by atoms with Crippen LogP contribution < -0.4 is 4.90 Å². The number of likely N-dealkylation sites (N-methyl/N-ethyl adjacent to an activating group) is 1. The van der Waals surface area contributed by atoms with E-state index in [0.29, 0.717) is 5.56 Å². The minimum Gasteiger partial charge on any atom is -0.478 e. The highest BCUT2D eigenvalue weighted by Crippen LogP contribution is 2.17. The first kappa shape index (κ1) is 23.7. The van der Waals surface area contributed by atoms with Crippen molar-refractivity contribution in [2.24, 2.45) is 0 Å². The van der Waals surface area contributed by atoms with Crippen LogP contribution in [-0.2, 0) is 0 Å². The molecular weight excluding hydrogens is 288 g/mol. The molecule has 1 fully saturated rings. The zero-order valence-electron chi connectivity index (χ0n) is 16.1. The lowest BCUT2D eigenvalue weighted by atomic mass is 10.2. The van der Waals surface area contributed by atoms with E-state index in [1.807, 2.05) is 53.7 Å². The first-order valence-corrected chi connectivity index (χ1v) is 9.01. The molecule has 134 valence electrons. The van der Waals surface area contributed by atoms with E-state index in [2.05, 4.69) is 16.7 Å². The molecule has 23 heavy (non-hydrogen) atoms. The number of rotatable bonds is 3. The van der Waals surface area contributed by atoms with Gasteiger partial charge in [-0.05, 0) is 30.8 Å². The third-order valence-corrected chi connectivity index (χ3v) is 3.30. The molecule has 1 N–H and O–H groups in total. The van der Waals surface area contributed by atoms with Crippen LogP contribution in [0, 0.1) is 0 Å². The zero-order valence-corrected chi connectivity index (χ0v) is 16.1. The quantitative estimate of drug-likeness (QED) is 0.882. The van der Waals surface area contributed by atoms with E-state index in [0.717, 1.165) is 38.4 Å². The molecule has 0 unspecified atom stereocenters. The van der Waals surface area contributed by atoms with Gasteiger partial charge in [0.25, 0.3) is 0 Å². The summed E-state index contributed by atoms with van der Waals surface area (Å²) in [4.78, 5) is 15.5. The number of carbonyl (C=O) groups is 1. The number of hydrogen-bond acceptors (Lipinski definition) is 3. The highest BCUT2D eigenvalue weighted by atomic mass is 16.4. The molecule has 1 aromatic rings. The van der Waals surface area contributed by atoms with E-state index in [1.54, 1.807) is 12.1 Å². The monoisotopic (exact) mass is 324 g/mol. The van der Waals surface area contributed by atoms with Gasteiger partial charge in [0.05, 0.1) is 5.56 Å². The molecule has 1 aliphatic heterocycles. The minimum absolute atomic E-state index is 0.348. The van der Waals surface area contributed by atoms with E-state index in [4.69, 9.17) is 5.11 Å². The van der Waals surface area contributed by atoms with Crippen LogP contribution in [0.5, 0.6) is 0 Å². The highest BCUT2D eigenvalue weighted by Gasteiger charge is 2.15. The summed E-state index contributed by atoms with van der Waals surface area (Å²) in [5.41, 5.74) is 1.46. The van der Waals surface area contributed by atoms with Gasteiger partial charge in [-0.1, -0.05) is 48.5 Å². The van der Waals surface area contributed by atoms with Gasteiger partial charge in [0.1, 0.15) is 0 Å². The Balaban J connectivity index is 0. The molecule has 0 aromatic heterocycles. The van der Waals surface area contributed by atoms with Crippen molar-refractivity contribution in [3.8, 4) is 0 Å². The molecule has 0 spiro atoms. The van der Waals surface area contributed by atoms with E-state index in [1.165, 1.54) is 0 Å². The van der Waals surface area contributed by atoms with Gasteiger partial charge >= 0.3 is 5.97 Å². The van der Waals surface area contributed by atoms with Gasteiger partial charge in [-0.2, -0.15) is 0 Å². The van der Waals surface area contributed by atoms with Gasteiger partial charge in [0.15, 0.2) is 0 Å². The predicted octanol–water partition coefficient (Wildman–Crippen LogP) is 4.61. The molecule has 1 aliphatic rings. The summed E-state index contributed by atoms with van der Waals surface area (Å²) in [5.74, 6) is -0.868. The van der Waals surface area contributed by atoms with E-state index in [-0.39, 0.29) is 0 Å². The lowest BCUT2D eigenvalue weighted by molar-refractivity contribution is 0.0697. The summed E-state index contributed by atoms with van der Waals surface area (Å²) in [5, 5.41) is 8.83. The van der Waals surface area contributed by atoms with Crippen LogP contribution >= 0.6 is 0 Å². The maximum absolute atomic E-state index is 10.8. The van der Waals surface area contributed by atoms with E-state index in [9.17, 15) is 4.79 Å². The van der Waals surface area contributed by atoms with Crippen molar-refractivity contribution in [3.05, 3.63) is 29.8 Å². The van der Waals surface area contributed by atoms with Gasteiger partial charge < -0.3 is 14.9 Å². The Hall–Kier alpha value is -1.55. The summed E-state index contributed by atoms with van der Waals surface area (Å²) in [7, 11) is 0. The van der Waals surface area contributed by atoms with Crippen LogP contribution in [0.15, 0.2) is 24.3 Å². The summed E-state index contributed by atoms with van der Waals surface area (Å²) in [6.45, 7) is 19.5. The summed E-state index contributed by atoms with van der Waals surface area (Å²) < 4.78 is 0. The Labute approximate surface area is 143 Å². The summed E-state index contributed by atoms with van der Waals surface area (Å²) in [6, 6.07) is 7.13. The van der Waals surface area contributed by atoms with Gasteiger partial charge in [0, 0.05) is 31.9 Å². The van der Waals surface area contributed by atoms with Gasteiger partial charge in [-0.15, -0.1) is 0 Å². The molecule has 4 nitrogen and oxygen atoms in total. The number of carboxylic acids is 1. The lowest BCUT2D eigenvalue weighted by Crippen LogP contribution is -2.46. The van der Waals surface area contributed by atoms with Gasteiger partial charge in [0.2, 0.25) is 0 Å². The number of piperazine rings is 1. The molecule has 1 saturated heterocycles. The van der Waals surface area contributed by atoms with Crippen molar-refractivity contribution in [1.82, 2.24) is 4.90 Å². The highest BCUT2D eigenvalue weighted by molar-refractivity contribution is 5.88. The topological polar surface area (TPSA) is 43.8 Å². The number of anilines is 1. The van der Waals surface area contributed by atoms with Crippen molar-refractivity contribution >= 4 is 11.7 Å². The van der Waals surface area contributed by atoms with E-state index >= 15 is 0 Å². The molecule has 0 bridgehead atoms. The third kappa shape index (κ3) is 8.60. The number of aromatic carboxylic acids is 1. The Morgan fingerprint density at radius 1 is 0.913 bits per heavy atom. The number of hydrogen-bond donors (Lipinski definition) is 1. The number of benzene rings is 1. The maximum atomic E-state index is 10.8. The summed E-state index contributed by atoms with van der Waals surface area (Å²) >= 11 is 0. The zero-order chi connectivity index (χ0) is 18.3. The second kappa shape index (κ2) is 15.3. The van der Waals surface area contributed by atoms with Crippen LogP contribution in [0.25, 0.3) is 0 Å². The van der Waals surface area contributed by atoms with E-state index < -0.39 is 5.97 Å². The van der Waals surface area contributed by atoms with Crippen molar-refractivity contribution in [2.45, 2.75) is 48.5 Å². The van der Waals surface area contributed by atoms with Gasteiger partial charge in [-0.25, -0.2) is 4.79 Å². The lowest BCUT2D eigenvalue weighted by Gasteiger charge is -2.35. The average molecular weight is 325 g/mol. The molecule has 1 heterocycles. The molecule has 0 amide bonds. The van der Waals surface area contributed by atoms with Crippen LogP contribution in [0.1, 0.15) is 58.8 Å². The standard InChI is InChI=1S/C13H18N2O2.3C2H6/c1-2-14-7-9-15(10-8-14)12-5-3-11(4-6-12)13(16)17;3*1-2/h3-6H,2,7-10H2,1H3,(H,16,17);3*1-2H3. The summed E-state index contributed by atoms with van der Waals surface area (Å²) in [6.07, 6.45) is 0. The first-order valence-electron chi connectivity index (χ1n) is 9.01. The molecule has 2 rings (SSSR count). The second-order valence-corrected chi connectivity index (χ2v) is 4.27. The SMILES string of the molecule is CC.CC.CC.CCN1CCN(c2ccc(C(=O)O)cc2)CC1. The Morgan fingerprint density at radius 3 is 1.70 bits per heavy atom. The van der Waals surface area contributed by atoms with Crippen LogP contribution in [0.2, 0.25) is 0 Å². The molecule has 0 atom stereocenters. The van der Waals surface area contributed by atoms with Crippen LogP contribution in [0.4, 0.5) is 5.69 Å². The first-order chi connectivity index (χ1) is 11.2. The molecule has 1 aromatic carbocycles. The largest absolute Gasteiger partial charge is 0.478 e. The van der Waals surface area contributed by atoms with Crippen molar-refractivity contribution in [1.29, 1.82) is 0 Å². The van der Waals surface area contributed by atoms with Crippen molar-refractivity contribution in [2.75, 3.05) is 37.6 Å². The third-order valence-electron chi connectivity index (χ3n) is 3.30. The second-order valence-electron chi connectivity index (χ2n) is 4.27.